The Morgan fingerprint density at radius 1 is 0.882 bits per heavy atom. The van der Waals surface area contributed by atoms with E-state index in [4.69, 9.17) is 18.3 Å². The van der Waals surface area contributed by atoms with Crippen LogP contribution >= 0.6 is 0 Å². The number of carbonyl (C=O) groups excluding carboxylic acids is 1. The van der Waals surface area contributed by atoms with Crippen molar-refractivity contribution in [1.82, 2.24) is 0 Å². The highest BCUT2D eigenvalue weighted by Crippen LogP contribution is 2.32. The highest BCUT2D eigenvalue weighted by molar-refractivity contribution is 5.97. The lowest BCUT2D eigenvalue weighted by molar-refractivity contribution is 0.0734. The molecule has 0 amide bonds. The minimum Gasteiger partial charge on any atom is -0.493 e. The van der Waals surface area contributed by atoms with Crippen molar-refractivity contribution < 1.29 is 27.5 Å². The molecule has 5 aromatic rings. The Morgan fingerprint density at radius 2 is 1.71 bits per heavy atom. The van der Waals surface area contributed by atoms with Crippen molar-refractivity contribution in [2.45, 2.75) is 0 Å². The van der Waals surface area contributed by atoms with Crippen molar-refractivity contribution >= 4 is 27.9 Å². The maximum absolute atomic E-state index is 13.4. The molecule has 0 atom stereocenters. The lowest BCUT2D eigenvalue weighted by Gasteiger charge is -2.09. The molecule has 0 aliphatic rings. The maximum Gasteiger partial charge on any atom is 0.344 e. The Balaban J connectivity index is 1.60. The van der Waals surface area contributed by atoms with Gasteiger partial charge in [-0.3, -0.25) is 0 Å². The van der Waals surface area contributed by atoms with Crippen LogP contribution < -0.4 is 20.7 Å². The fraction of sp³-hybridized carbons (Fsp3) is 0.0385. The summed E-state index contributed by atoms with van der Waals surface area (Å²) in [6.07, 6.45) is 0. The SMILES string of the molecule is COc1cccc2cc(-c3cc(=O)oc4cc(OC(=O)c5cccc(F)c5)ccc34)c(=O)oc12. The molecule has 0 spiro atoms. The Kier molecular flexibility index (Phi) is 5.18. The summed E-state index contributed by atoms with van der Waals surface area (Å²) in [5, 5.41) is 1.04. The molecule has 0 aliphatic heterocycles. The molecule has 8 heteroatoms. The largest absolute Gasteiger partial charge is 0.493 e. The van der Waals surface area contributed by atoms with Gasteiger partial charge in [0.2, 0.25) is 0 Å². The van der Waals surface area contributed by atoms with Gasteiger partial charge in [0.05, 0.1) is 18.2 Å². The predicted molar refractivity (Wildman–Crippen MR) is 122 cm³/mol. The van der Waals surface area contributed by atoms with Gasteiger partial charge < -0.3 is 18.3 Å². The normalized spacial score (nSPS) is 11.0. The van der Waals surface area contributed by atoms with E-state index in [1.165, 1.54) is 43.5 Å². The first-order chi connectivity index (χ1) is 16.4. The van der Waals surface area contributed by atoms with Crippen LogP contribution in [0.15, 0.2) is 91.2 Å². The Labute approximate surface area is 190 Å². The summed E-state index contributed by atoms with van der Waals surface area (Å²) in [6, 6.07) is 17.4. The van der Waals surface area contributed by atoms with Gasteiger partial charge in [-0.2, -0.15) is 0 Å². The van der Waals surface area contributed by atoms with Crippen LogP contribution in [0.25, 0.3) is 33.1 Å². The highest BCUT2D eigenvalue weighted by atomic mass is 19.1. The number of para-hydroxylation sites is 1. The van der Waals surface area contributed by atoms with Crippen LogP contribution in [0, 0.1) is 5.82 Å². The van der Waals surface area contributed by atoms with Gasteiger partial charge in [0, 0.05) is 28.5 Å². The Bertz CT molecular complexity index is 1700. The van der Waals surface area contributed by atoms with E-state index >= 15 is 0 Å². The van der Waals surface area contributed by atoms with Crippen molar-refractivity contribution in [2.24, 2.45) is 0 Å². The Morgan fingerprint density at radius 3 is 2.50 bits per heavy atom. The van der Waals surface area contributed by atoms with Crippen LogP contribution in [-0.2, 0) is 0 Å². The van der Waals surface area contributed by atoms with Crippen LogP contribution in [0.5, 0.6) is 11.5 Å². The first-order valence-electron chi connectivity index (χ1n) is 10.1. The van der Waals surface area contributed by atoms with Gasteiger partial charge in [0.15, 0.2) is 11.3 Å². The summed E-state index contributed by atoms with van der Waals surface area (Å²) in [6.45, 7) is 0. The number of hydrogen-bond donors (Lipinski definition) is 0. The zero-order valence-corrected chi connectivity index (χ0v) is 17.7. The second-order valence-corrected chi connectivity index (χ2v) is 7.36. The van der Waals surface area contributed by atoms with Gasteiger partial charge in [-0.1, -0.05) is 18.2 Å². The van der Waals surface area contributed by atoms with Crippen LogP contribution in [0.4, 0.5) is 4.39 Å². The molecule has 0 saturated carbocycles. The molecule has 0 aliphatic carbocycles. The van der Waals surface area contributed by atoms with Crippen LogP contribution in [0.1, 0.15) is 10.4 Å². The van der Waals surface area contributed by atoms with Crippen molar-refractivity contribution in [3.63, 3.8) is 0 Å². The summed E-state index contributed by atoms with van der Waals surface area (Å²) < 4.78 is 34.7. The average molecular weight is 458 g/mol. The van der Waals surface area contributed by atoms with E-state index < -0.39 is 23.0 Å². The highest BCUT2D eigenvalue weighted by Gasteiger charge is 2.17. The zero-order valence-electron chi connectivity index (χ0n) is 17.7. The average Bonchev–Trinajstić information content (AvgIpc) is 2.82. The summed E-state index contributed by atoms with van der Waals surface area (Å²) in [5.41, 5.74) is -0.503. The van der Waals surface area contributed by atoms with E-state index in [0.29, 0.717) is 22.1 Å². The van der Waals surface area contributed by atoms with Crippen LogP contribution in [0.2, 0.25) is 0 Å². The van der Waals surface area contributed by atoms with Crippen LogP contribution in [-0.4, -0.2) is 13.1 Å². The van der Waals surface area contributed by atoms with Crippen LogP contribution in [0.3, 0.4) is 0 Å². The van der Waals surface area contributed by atoms with Gasteiger partial charge in [-0.15, -0.1) is 0 Å². The molecule has 7 nitrogen and oxygen atoms in total. The molecular formula is C26H15FO7. The molecule has 2 aromatic heterocycles. The molecule has 0 radical (unpaired) electrons. The van der Waals surface area contributed by atoms with Gasteiger partial charge in [0.25, 0.3) is 0 Å². The summed E-state index contributed by atoms with van der Waals surface area (Å²) >= 11 is 0. The number of methoxy groups -OCH3 is 1. The minimum absolute atomic E-state index is 0.0273. The van der Waals surface area contributed by atoms with E-state index in [1.54, 1.807) is 30.3 Å². The second-order valence-electron chi connectivity index (χ2n) is 7.36. The summed E-state index contributed by atoms with van der Waals surface area (Å²) in [7, 11) is 1.47. The van der Waals surface area contributed by atoms with Crippen molar-refractivity contribution in [3.05, 3.63) is 105 Å². The summed E-state index contributed by atoms with van der Waals surface area (Å²) in [5.74, 6) is -0.863. The monoisotopic (exact) mass is 458 g/mol. The number of benzene rings is 3. The number of hydrogen-bond acceptors (Lipinski definition) is 7. The summed E-state index contributed by atoms with van der Waals surface area (Å²) in [4.78, 5) is 37.4. The molecule has 0 N–H and O–H groups in total. The molecule has 34 heavy (non-hydrogen) atoms. The van der Waals surface area contributed by atoms with Gasteiger partial charge >= 0.3 is 17.2 Å². The zero-order chi connectivity index (χ0) is 23.8. The molecule has 0 fully saturated rings. The third-order valence-corrected chi connectivity index (χ3v) is 5.22. The molecule has 2 heterocycles. The molecule has 5 rings (SSSR count). The van der Waals surface area contributed by atoms with E-state index in [9.17, 15) is 18.8 Å². The third-order valence-electron chi connectivity index (χ3n) is 5.22. The number of esters is 1. The fourth-order valence-corrected chi connectivity index (χ4v) is 3.68. The smallest absolute Gasteiger partial charge is 0.344 e. The topological polar surface area (TPSA) is 96.0 Å². The number of ether oxygens (including phenoxy) is 2. The quantitative estimate of drug-likeness (QED) is 0.214. The second kappa shape index (κ2) is 8.32. The van der Waals surface area contributed by atoms with E-state index in [0.717, 1.165) is 6.07 Å². The molecule has 168 valence electrons. The first kappa shape index (κ1) is 21.1. The van der Waals surface area contributed by atoms with Gasteiger partial charge in [0.1, 0.15) is 17.1 Å². The molecule has 0 saturated heterocycles. The Hall–Kier alpha value is -4.72. The number of fused-ring (bicyclic) bond motifs is 2. The van der Waals surface area contributed by atoms with E-state index in [2.05, 4.69) is 0 Å². The van der Waals surface area contributed by atoms with Gasteiger partial charge in [-0.25, -0.2) is 18.8 Å². The van der Waals surface area contributed by atoms with Crippen molar-refractivity contribution in [3.8, 4) is 22.6 Å². The number of halogens is 1. The minimum atomic E-state index is -0.776. The third kappa shape index (κ3) is 3.81. The molecule has 0 unspecified atom stereocenters. The fourth-order valence-electron chi connectivity index (χ4n) is 3.68. The van der Waals surface area contributed by atoms with E-state index in [-0.39, 0.29) is 28.0 Å². The number of rotatable bonds is 4. The van der Waals surface area contributed by atoms with E-state index in [1.807, 2.05) is 0 Å². The molecular weight excluding hydrogens is 443 g/mol. The lowest BCUT2D eigenvalue weighted by atomic mass is 10.0. The molecule has 3 aromatic carbocycles. The van der Waals surface area contributed by atoms with Gasteiger partial charge in [-0.05, 0) is 42.5 Å². The maximum atomic E-state index is 13.4. The van der Waals surface area contributed by atoms with Crippen molar-refractivity contribution in [1.29, 1.82) is 0 Å². The van der Waals surface area contributed by atoms with Crippen molar-refractivity contribution in [2.75, 3.05) is 7.11 Å². The molecule has 0 bridgehead atoms. The first-order valence-corrected chi connectivity index (χ1v) is 10.1. The lowest BCUT2D eigenvalue weighted by Crippen LogP contribution is -2.09. The number of carbonyl (C=O) groups is 1. The standard InChI is InChI=1S/C26H15FO7/c1-31-21-7-3-4-14-11-20(26(30)34-24(14)21)19-13-23(28)33-22-12-17(8-9-18(19)22)32-25(29)15-5-2-6-16(27)10-15/h2-13H,1H3. The predicted octanol–water partition coefficient (Wildman–Crippen LogP) is 4.93.